The minimum atomic E-state index is -5.25. The molecule has 2 amide bonds. The maximum Gasteiger partial charge on any atom is 0.471 e. The Labute approximate surface area is 148 Å². The number of esters is 1. The molecule has 1 heterocycles. The fraction of sp³-hybridized carbons (Fsp3) is 0.769. The number of alkyl halides is 6. The lowest BCUT2D eigenvalue weighted by Crippen LogP contribution is -2.61. The Balaban J connectivity index is 3.00. The van der Waals surface area contributed by atoms with Gasteiger partial charge in [0.2, 0.25) is 0 Å². The van der Waals surface area contributed by atoms with Crippen LogP contribution in [0.2, 0.25) is 0 Å². The van der Waals surface area contributed by atoms with Crippen LogP contribution in [0.1, 0.15) is 13.3 Å². The van der Waals surface area contributed by atoms with Gasteiger partial charge in [0.25, 0.3) is 0 Å². The van der Waals surface area contributed by atoms with Crippen molar-refractivity contribution in [2.75, 3.05) is 13.7 Å². The first kappa shape index (κ1) is 23.0. The average molecular weight is 410 g/mol. The van der Waals surface area contributed by atoms with Gasteiger partial charge in [-0.05, 0) is 0 Å². The van der Waals surface area contributed by atoms with Crippen molar-refractivity contribution in [1.82, 2.24) is 10.6 Å². The molecule has 0 unspecified atom stereocenters. The Bertz CT molecular complexity index is 566. The number of hydrogen-bond acceptors (Lipinski definition) is 6. The van der Waals surface area contributed by atoms with Gasteiger partial charge >= 0.3 is 30.1 Å². The van der Waals surface area contributed by atoms with Crippen LogP contribution in [0.4, 0.5) is 26.3 Å². The number of nitrogens with one attached hydrogen (secondary N) is 2. The third-order valence-electron chi connectivity index (χ3n) is 3.40. The summed E-state index contributed by atoms with van der Waals surface area (Å²) < 4.78 is 89.2. The average Bonchev–Trinajstić information content (AvgIpc) is 2.52. The van der Waals surface area contributed by atoms with Gasteiger partial charge in [-0.15, -0.1) is 0 Å². The van der Waals surface area contributed by atoms with E-state index in [1.54, 1.807) is 5.32 Å². The maximum atomic E-state index is 12.5. The first-order valence-corrected chi connectivity index (χ1v) is 7.34. The van der Waals surface area contributed by atoms with E-state index in [-0.39, 0.29) is 6.42 Å². The normalized spacial score (nSPS) is 26.2. The van der Waals surface area contributed by atoms with E-state index in [0.717, 1.165) is 14.0 Å². The van der Waals surface area contributed by atoms with E-state index < -0.39 is 61.2 Å². The zero-order valence-electron chi connectivity index (χ0n) is 13.9. The van der Waals surface area contributed by atoms with E-state index in [9.17, 15) is 40.7 Å². The van der Waals surface area contributed by atoms with Crippen LogP contribution in [0.15, 0.2) is 0 Å². The van der Waals surface area contributed by atoms with Gasteiger partial charge in [-0.3, -0.25) is 14.4 Å². The molecule has 1 rings (SSSR count). The number of carbonyl (C=O) groups excluding carboxylic acids is 3. The SMILES string of the molecule is CO[C@H]1C[C@@H](NC(=O)C(F)(F)F)[C@@H](OC(C)=O)[C@@H](CNC(=O)C(F)(F)F)O1. The Morgan fingerprint density at radius 3 is 2.07 bits per heavy atom. The second-order valence-electron chi connectivity index (χ2n) is 5.44. The molecule has 1 aliphatic rings. The number of amides is 2. The van der Waals surface area contributed by atoms with Crippen molar-refractivity contribution in [2.45, 2.75) is 50.2 Å². The molecule has 0 aromatic rings. The van der Waals surface area contributed by atoms with Gasteiger partial charge in [0.1, 0.15) is 12.2 Å². The summed E-state index contributed by atoms with van der Waals surface area (Å²) in [6, 6.07) is -1.49. The lowest BCUT2D eigenvalue weighted by Gasteiger charge is -2.40. The zero-order valence-corrected chi connectivity index (χ0v) is 13.9. The molecule has 0 bridgehead atoms. The Morgan fingerprint density at radius 1 is 1.07 bits per heavy atom. The zero-order chi connectivity index (χ0) is 21.0. The molecule has 2 N–H and O–H groups in total. The molecule has 0 radical (unpaired) electrons. The molecule has 0 saturated carbocycles. The molecule has 27 heavy (non-hydrogen) atoms. The lowest BCUT2D eigenvalue weighted by atomic mass is 9.97. The van der Waals surface area contributed by atoms with Crippen molar-refractivity contribution in [3.8, 4) is 0 Å². The molecule has 1 aliphatic heterocycles. The monoisotopic (exact) mass is 410 g/mol. The van der Waals surface area contributed by atoms with E-state index in [1.165, 1.54) is 5.32 Å². The standard InChI is InChI=1S/C13H16F6N2O6/c1-5(22)26-9-6(21-11(24)13(17,18)19)3-8(25-2)27-7(9)4-20-10(23)12(14,15)16/h6-9H,3-4H2,1-2H3,(H,20,23)(H,21,24)/t6-,7-,8-,9-/m1/s1. The molecule has 156 valence electrons. The number of halogens is 6. The molecule has 1 fully saturated rings. The molecule has 8 nitrogen and oxygen atoms in total. The predicted molar refractivity (Wildman–Crippen MR) is 72.9 cm³/mol. The van der Waals surface area contributed by atoms with E-state index >= 15 is 0 Å². The van der Waals surface area contributed by atoms with Crippen LogP contribution in [0.5, 0.6) is 0 Å². The molecule has 0 aromatic heterocycles. The molecule has 0 aromatic carbocycles. The minimum absolute atomic E-state index is 0.389. The van der Waals surface area contributed by atoms with Gasteiger partial charge in [0.05, 0.1) is 6.04 Å². The van der Waals surface area contributed by atoms with Crippen molar-refractivity contribution < 1.29 is 54.9 Å². The van der Waals surface area contributed by atoms with Crippen LogP contribution < -0.4 is 10.6 Å². The van der Waals surface area contributed by atoms with Gasteiger partial charge in [0.15, 0.2) is 6.29 Å². The smallest absolute Gasteiger partial charge is 0.458 e. The second-order valence-corrected chi connectivity index (χ2v) is 5.44. The van der Waals surface area contributed by atoms with Crippen LogP contribution in [0, 0.1) is 0 Å². The van der Waals surface area contributed by atoms with Crippen LogP contribution in [0.3, 0.4) is 0 Å². The molecule has 14 heteroatoms. The summed E-state index contributed by atoms with van der Waals surface area (Å²) in [4.78, 5) is 33.3. The minimum Gasteiger partial charge on any atom is -0.458 e. The number of rotatable bonds is 5. The highest BCUT2D eigenvalue weighted by Crippen LogP contribution is 2.25. The van der Waals surface area contributed by atoms with Gasteiger partial charge in [0, 0.05) is 27.0 Å². The van der Waals surface area contributed by atoms with Crippen LogP contribution in [0.25, 0.3) is 0 Å². The predicted octanol–water partition coefficient (Wildman–Crippen LogP) is 0.405. The molecule has 4 atom stereocenters. The number of methoxy groups -OCH3 is 1. The number of ether oxygens (including phenoxy) is 3. The summed E-state index contributed by atoms with van der Waals surface area (Å²) >= 11 is 0. The van der Waals surface area contributed by atoms with Crippen LogP contribution in [-0.2, 0) is 28.6 Å². The van der Waals surface area contributed by atoms with Crippen molar-refractivity contribution in [3.63, 3.8) is 0 Å². The summed E-state index contributed by atoms with van der Waals surface area (Å²) in [6.07, 6.45) is -15.2. The van der Waals surface area contributed by atoms with Crippen molar-refractivity contribution >= 4 is 17.8 Å². The Kier molecular flexibility index (Phi) is 7.42. The molecule has 0 aliphatic carbocycles. The first-order chi connectivity index (χ1) is 12.3. The molecule has 1 saturated heterocycles. The first-order valence-electron chi connectivity index (χ1n) is 7.34. The molecule has 0 spiro atoms. The summed E-state index contributed by atoms with van der Waals surface area (Å²) in [5.41, 5.74) is 0. The second kappa shape index (κ2) is 8.73. The molecular formula is C13H16F6N2O6. The van der Waals surface area contributed by atoms with E-state index in [0.29, 0.717) is 0 Å². The Morgan fingerprint density at radius 2 is 1.63 bits per heavy atom. The largest absolute Gasteiger partial charge is 0.471 e. The number of carbonyl (C=O) groups is 3. The quantitative estimate of drug-likeness (QED) is 0.503. The Hall–Kier alpha value is -2.09. The van der Waals surface area contributed by atoms with Gasteiger partial charge in [-0.1, -0.05) is 0 Å². The van der Waals surface area contributed by atoms with Gasteiger partial charge in [-0.2, -0.15) is 26.3 Å². The van der Waals surface area contributed by atoms with Gasteiger partial charge in [-0.25, -0.2) is 0 Å². The highest BCUT2D eigenvalue weighted by molar-refractivity contribution is 5.82. The van der Waals surface area contributed by atoms with E-state index in [4.69, 9.17) is 14.2 Å². The van der Waals surface area contributed by atoms with Crippen molar-refractivity contribution in [2.24, 2.45) is 0 Å². The summed E-state index contributed by atoms with van der Waals surface area (Å²) in [5, 5.41) is 3.06. The summed E-state index contributed by atoms with van der Waals surface area (Å²) in [5.74, 6) is -5.67. The maximum absolute atomic E-state index is 12.5. The summed E-state index contributed by atoms with van der Waals surface area (Å²) in [7, 11) is 1.10. The third kappa shape index (κ3) is 6.86. The van der Waals surface area contributed by atoms with E-state index in [1.807, 2.05) is 0 Å². The van der Waals surface area contributed by atoms with Crippen LogP contribution >= 0.6 is 0 Å². The van der Waals surface area contributed by atoms with Crippen molar-refractivity contribution in [3.05, 3.63) is 0 Å². The topological polar surface area (TPSA) is 103 Å². The number of hydrogen-bond donors (Lipinski definition) is 2. The van der Waals surface area contributed by atoms with Crippen molar-refractivity contribution in [1.29, 1.82) is 0 Å². The molecular weight excluding hydrogens is 394 g/mol. The highest BCUT2D eigenvalue weighted by atomic mass is 19.4. The highest BCUT2D eigenvalue weighted by Gasteiger charge is 2.47. The lowest BCUT2D eigenvalue weighted by molar-refractivity contribution is -0.230. The van der Waals surface area contributed by atoms with Gasteiger partial charge < -0.3 is 24.8 Å². The fourth-order valence-corrected chi connectivity index (χ4v) is 2.28. The third-order valence-corrected chi connectivity index (χ3v) is 3.40. The van der Waals surface area contributed by atoms with Crippen LogP contribution in [-0.4, -0.2) is 68.3 Å². The fourth-order valence-electron chi connectivity index (χ4n) is 2.28. The van der Waals surface area contributed by atoms with E-state index in [2.05, 4.69) is 0 Å². The summed E-state index contributed by atoms with van der Waals surface area (Å²) in [6.45, 7) is 0.0327.